The van der Waals surface area contributed by atoms with E-state index in [0.717, 1.165) is 38.2 Å². The fourth-order valence-electron chi connectivity index (χ4n) is 3.37. The second kappa shape index (κ2) is 13.5. The molecule has 0 aliphatic carbocycles. The van der Waals surface area contributed by atoms with Gasteiger partial charge in [0.2, 0.25) is 0 Å². The van der Waals surface area contributed by atoms with Crippen molar-refractivity contribution >= 4 is 19.5 Å². The first kappa shape index (κ1) is 30.8. The zero-order valence-corrected chi connectivity index (χ0v) is 22.0. The number of esters is 1. The molecule has 186 valence electrons. The van der Waals surface area contributed by atoms with Crippen LogP contribution < -0.4 is 5.73 Å². The molecule has 0 radical (unpaired) electrons. The second-order valence-corrected chi connectivity index (χ2v) is 10.9. The average Bonchev–Trinajstić information content (AvgIpc) is 2.66. The molecular weight excluding hydrogens is 405 g/mol. The summed E-state index contributed by atoms with van der Waals surface area (Å²) in [5.41, 5.74) is 5.33. The van der Waals surface area contributed by atoms with E-state index < -0.39 is 17.3 Å². The standard InChI is InChI=1S/C25H48BNO5/c1-9-20(28)30-17-15-23(5,6)31-19-16-25(8,27)32-18-14-22(3,4)12-11-13-24(7,10-2)21(26)29/h9H,1,10-19,26-27H2,2-8H3. The van der Waals surface area contributed by atoms with Crippen LogP contribution in [0.25, 0.3) is 0 Å². The first-order valence-electron chi connectivity index (χ1n) is 12.0. The third-order valence-electron chi connectivity index (χ3n) is 6.63. The van der Waals surface area contributed by atoms with Gasteiger partial charge in [0.1, 0.15) is 5.72 Å². The maximum absolute atomic E-state index is 11.9. The second-order valence-electron chi connectivity index (χ2n) is 10.9. The summed E-state index contributed by atoms with van der Waals surface area (Å²) in [6, 6.07) is 0. The van der Waals surface area contributed by atoms with Crippen LogP contribution in [-0.4, -0.2) is 50.6 Å². The first-order chi connectivity index (χ1) is 14.6. The van der Waals surface area contributed by atoms with Gasteiger partial charge in [0.05, 0.1) is 24.5 Å². The molecule has 0 heterocycles. The summed E-state index contributed by atoms with van der Waals surface area (Å²) in [5, 5.41) is 0. The molecule has 2 atom stereocenters. The van der Waals surface area contributed by atoms with Crippen molar-refractivity contribution in [2.75, 3.05) is 19.8 Å². The Labute approximate surface area is 197 Å². The smallest absolute Gasteiger partial charge is 0.330 e. The number of ether oxygens (including phenoxy) is 3. The topological polar surface area (TPSA) is 87.8 Å². The van der Waals surface area contributed by atoms with Crippen LogP contribution in [0.5, 0.6) is 0 Å². The first-order valence-corrected chi connectivity index (χ1v) is 12.0. The largest absolute Gasteiger partial charge is 0.462 e. The zero-order chi connectivity index (χ0) is 25.1. The summed E-state index contributed by atoms with van der Waals surface area (Å²) in [7, 11) is 1.70. The van der Waals surface area contributed by atoms with Crippen molar-refractivity contribution in [1.82, 2.24) is 0 Å². The maximum Gasteiger partial charge on any atom is 0.330 e. The van der Waals surface area contributed by atoms with Crippen molar-refractivity contribution in [2.45, 2.75) is 105 Å². The minimum atomic E-state index is -0.767. The van der Waals surface area contributed by atoms with Crippen molar-refractivity contribution in [3.63, 3.8) is 0 Å². The van der Waals surface area contributed by atoms with Crippen molar-refractivity contribution in [1.29, 1.82) is 0 Å². The molecule has 0 aromatic heterocycles. The molecule has 32 heavy (non-hydrogen) atoms. The molecule has 0 aromatic rings. The molecule has 0 aliphatic heterocycles. The minimum Gasteiger partial charge on any atom is -0.462 e. The lowest BCUT2D eigenvalue weighted by Crippen LogP contribution is -2.42. The van der Waals surface area contributed by atoms with Gasteiger partial charge < -0.3 is 24.7 Å². The number of carbonyl (C=O) groups excluding carboxylic acids is 2. The summed E-state index contributed by atoms with van der Waals surface area (Å²) >= 11 is 0. The molecule has 0 fully saturated rings. The maximum atomic E-state index is 11.9. The van der Waals surface area contributed by atoms with Crippen LogP contribution in [0.1, 0.15) is 93.4 Å². The van der Waals surface area contributed by atoms with Crippen LogP contribution >= 0.6 is 0 Å². The Hall–Kier alpha value is -1.18. The highest BCUT2D eigenvalue weighted by Gasteiger charge is 2.29. The van der Waals surface area contributed by atoms with Gasteiger partial charge >= 0.3 is 5.97 Å². The third-order valence-corrected chi connectivity index (χ3v) is 6.63. The van der Waals surface area contributed by atoms with Crippen LogP contribution in [-0.2, 0) is 23.8 Å². The van der Waals surface area contributed by atoms with Gasteiger partial charge in [-0.25, -0.2) is 4.79 Å². The van der Waals surface area contributed by atoms with E-state index in [0.29, 0.717) is 26.1 Å². The van der Waals surface area contributed by atoms with Gasteiger partial charge in [0.25, 0.3) is 0 Å². The normalized spacial score (nSPS) is 16.1. The molecule has 0 aromatic carbocycles. The fourth-order valence-corrected chi connectivity index (χ4v) is 3.37. The number of hydrogen-bond acceptors (Lipinski definition) is 6. The van der Waals surface area contributed by atoms with E-state index in [1.807, 2.05) is 20.8 Å². The van der Waals surface area contributed by atoms with Crippen molar-refractivity contribution in [3.05, 3.63) is 12.7 Å². The lowest BCUT2D eigenvalue weighted by Gasteiger charge is -2.32. The van der Waals surface area contributed by atoms with Crippen LogP contribution in [0.15, 0.2) is 12.7 Å². The predicted octanol–water partition coefficient (Wildman–Crippen LogP) is 4.15. The van der Waals surface area contributed by atoms with E-state index >= 15 is 0 Å². The number of carbonyl (C=O) groups is 2. The molecule has 0 amide bonds. The molecule has 0 spiro atoms. The minimum absolute atomic E-state index is 0.128. The van der Waals surface area contributed by atoms with Crippen LogP contribution in [0, 0.1) is 10.8 Å². The highest BCUT2D eigenvalue weighted by Crippen LogP contribution is 2.34. The molecule has 0 saturated carbocycles. The monoisotopic (exact) mass is 453 g/mol. The van der Waals surface area contributed by atoms with E-state index in [9.17, 15) is 9.59 Å². The highest BCUT2D eigenvalue weighted by molar-refractivity contribution is 6.58. The fraction of sp³-hybridized carbons (Fsp3) is 0.840. The van der Waals surface area contributed by atoms with Crippen LogP contribution in [0.4, 0.5) is 0 Å². The highest BCUT2D eigenvalue weighted by atomic mass is 16.5. The van der Waals surface area contributed by atoms with E-state index in [-0.39, 0.29) is 23.1 Å². The Morgan fingerprint density at radius 3 is 2.03 bits per heavy atom. The van der Waals surface area contributed by atoms with E-state index in [1.54, 1.807) is 7.85 Å². The summed E-state index contributed by atoms with van der Waals surface area (Å²) in [6.45, 7) is 19.1. The molecule has 7 heteroatoms. The van der Waals surface area contributed by atoms with Gasteiger partial charge in [-0.1, -0.05) is 40.7 Å². The Kier molecular flexibility index (Phi) is 13.0. The lowest BCUT2D eigenvalue weighted by atomic mass is 9.70. The third kappa shape index (κ3) is 13.4. The molecule has 0 aliphatic rings. The molecule has 0 bridgehead atoms. The molecule has 0 rings (SSSR count). The van der Waals surface area contributed by atoms with Gasteiger partial charge in [-0.2, -0.15) is 0 Å². The summed E-state index contributed by atoms with van der Waals surface area (Å²) in [4.78, 5) is 23.0. The van der Waals surface area contributed by atoms with Crippen molar-refractivity contribution in [3.8, 4) is 0 Å². The lowest BCUT2D eigenvalue weighted by molar-refractivity contribution is -0.140. The number of hydrogen-bond donors (Lipinski definition) is 1. The van der Waals surface area contributed by atoms with Crippen molar-refractivity contribution < 1.29 is 23.8 Å². The Bertz CT molecular complexity index is 603. The van der Waals surface area contributed by atoms with Gasteiger partial charge in [-0.3, -0.25) is 0 Å². The van der Waals surface area contributed by atoms with Gasteiger partial charge in [0.15, 0.2) is 7.85 Å². The molecule has 2 N–H and O–H groups in total. The molecule has 0 saturated heterocycles. The van der Waals surface area contributed by atoms with E-state index in [1.165, 1.54) is 0 Å². The van der Waals surface area contributed by atoms with Gasteiger partial charge in [-0.15, -0.1) is 0 Å². The Morgan fingerprint density at radius 2 is 1.50 bits per heavy atom. The Balaban J connectivity index is 4.27. The number of nitrogens with two attached hydrogens (primary N) is 1. The van der Waals surface area contributed by atoms with Gasteiger partial charge in [0, 0.05) is 30.9 Å². The van der Waals surface area contributed by atoms with Crippen molar-refractivity contribution in [2.24, 2.45) is 16.6 Å². The summed E-state index contributed by atoms with van der Waals surface area (Å²) in [6.07, 6.45) is 7.11. The average molecular weight is 453 g/mol. The number of rotatable bonds is 18. The summed E-state index contributed by atoms with van der Waals surface area (Å²) in [5.74, 6) is -0.426. The molecular formula is C25H48BNO5. The quantitative estimate of drug-likeness (QED) is 0.145. The SMILES string of the molecule is BC(=O)C(C)(CC)CCCC(C)(C)CCOC(C)(N)CCOC(C)(C)CCOC(=O)C=C. The zero-order valence-electron chi connectivity index (χ0n) is 22.0. The van der Waals surface area contributed by atoms with Crippen LogP contribution in [0.3, 0.4) is 0 Å². The summed E-state index contributed by atoms with van der Waals surface area (Å²) < 4.78 is 16.9. The van der Waals surface area contributed by atoms with E-state index in [4.69, 9.17) is 19.9 Å². The van der Waals surface area contributed by atoms with Gasteiger partial charge in [-0.05, 0) is 51.9 Å². The Morgan fingerprint density at radius 1 is 0.906 bits per heavy atom. The van der Waals surface area contributed by atoms with E-state index in [2.05, 4.69) is 34.3 Å². The van der Waals surface area contributed by atoms with Crippen LogP contribution in [0.2, 0.25) is 0 Å². The predicted molar refractivity (Wildman–Crippen MR) is 133 cm³/mol. The molecule has 2 unspecified atom stereocenters. The molecule has 6 nitrogen and oxygen atoms in total.